The Morgan fingerprint density at radius 3 is 2.59 bits per heavy atom. The molecule has 0 bridgehead atoms. The normalized spacial score (nSPS) is 12.6. The third-order valence-electron chi connectivity index (χ3n) is 5.47. The SMILES string of the molecule is CC[C@@H](C)c1ccc(-c2c(OC)cc(C)c3[nH]c(=O)c4sccc4c23)cc1. The van der Waals surface area contributed by atoms with E-state index in [-0.39, 0.29) is 5.56 Å². The second kappa shape index (κ2) is 6.86. The first kappa shape index (κ1) is 17.8. The van der Waals surface area contributed by atoms with Crippen LogP contribution in [0.3, 0.4) is 0 Å². The highest BCUT2D eigenvalue weighted by Gasteiger charge is 2.18. The van der Waals surface area contributed by atoms with Crippen LogP contribution in [-0.4, -0.2) is 12.1 Å². The third-order valence-corrected chi connectivity index (χ3v) is 6.38. The standard InChI is InChI=1S/C23H23NO2S/c1-5-13(2)15-6-8-16(9-7-15)19-18(26-4)12-14(3)21-20(19)17-10-11-27-22(17)23(25)24-21/h6-13H,5H2,1-4H3,(H,24,25)/t13-/m1/s1. The van der Waals surface area contributed by atoms with Gasteiger partial charge in [-0.2, -0.15) is 0 Å². The topological polar surface area (TPSA) is 42.1 Å². The van der Waals surface area contributed by atoms with Crippen LogP contribution in [0, 0.1) is 6.92 Å². The predicted molar refractivity (Wildman–Crippen MR) is 115 cm³/mol. The molecule has 0 aliphatic rings. The molecule has 0 unspecified atom stereocenters. The minimum absolute atomic E-state index is 0.0289. The third kappa shape index (κ3) is 2.85. The van der Waals surface area contributed by atoms with E-state index in [4.69, 9.17) is 4.74 Å². The fraction of sp³-hybridized carbons (Fsp3) is 0.261. The second-order valence-corrected chi connectivity index (χ2v) is 7.99. The molecule has 2 aromatic heterocycles. The largest absolute Gasteiger partial charge is 0.496 e. The van der Waals surface area contributed by atoms with Gasteiger partial charge in [0.25, 0.3) is 5.56 Å². The van der Waals surface area contributed by atoms with Crippen LogP contribution in [0.15, 0.2) is 46.6 Å². The second-order valence-electron chi connectivity index (χ2n) is 7.07. The highest BCUT2D eigenvalue weighted by molar-refractivity contribution is 7.17. The molecule has 0 saturated heterocycles. The van der Waals surface area contributed by atoms with Crippen molar-refractivity contribution in [1.29, 1.82) is 0 Å². The molecule has 2 heterocycles. The molecule has 0 amide bonds. The van der Waals surface area contributed by atoms with Gasteiger partial charge >= 0.3 is 0 Å². The van der Waals surface area contributed by atoms with E-state index in [0.717, 1.165) is 49.8 Å². The van der Waals surface area contributed by atoms with Gasteiger partial charge in [-0.05, 0) is 53.5 Å². The Hall–Kier alpha value is -2.59. The number of pyridine rings is 1. The fourth-order valence-electron chi connectivity index (χ4n) is 3.73. The molecule has 2 aromatic carbocycles. The maximum atomic E-state index is 12.5. The number of aryl methyl sites for hydroxylation is 1. The molecule has 4 heteroatoms. The van der Waals surface area contributed by atoms with Crippen molar-refractivity contribution in [2.75, 3.05) is 7.11 Å². The molecule has 0 spiro atoms. The molecule has 1 atom stereocenters. The van der Waals surface area contributed by atoms with E-state index in [9.17, 15) is 4.79 Å². The average Bonchev–Trinajstić information content (AvgIpc) is 3.18. The van der Waals surface area contributed by atoms with E-state index >= 15 is 0 Å². The lowest BCUT2D eigenvalue weighted by atomic mass is 9.92. The lowest BCUT2D eigenvalue weighted by Gasteiger charge is -2.16. The molecule has 27 heavy (non-hydrogen) atoms. The van der Waals surface area contributed by atoms with Gasteiger partial charge in [0.1, 0.15) is 10.4 Å². The summed E-state index contributed by atoms with van der Waals surface area (Å²) in [5.74, 6) is 1.37. The molecular weight excluding hydrogens is 354 g/mol. The first-order chi connectivity index (χ1) is 13.0. The van der Waals surface area contributed by atoms with Crippen molar-refractivity contribution in [1.82, 2.24) is 4.98 Å². The Morgan fingerprint density at radius 2 is 1.93 bits per heavy atom. The van der Waals surface area contributed by atoms with Gasteiger partial charge in [-0.3, -0.25) is 4.79 Å². The molecule has 0 aliphatic heterocycles. The van der Waals surface area contributed by atoms with E-state index in [0.29, 0.717) is 5.92 Å². The molecule has 0 aliphatic carbocycles. The zero-order valence-corrected chi connectivity index (χ0v) is 16.9. The van der Waals surface area contributed by atoms with Crippen molar-refractivity contribution in [3.63, 3.8) is 0 Å². The predicted octanol–water partition coefficient (Wildman–Crippen LogP) is 6.24. The Bertz CT molecular complexity index is 1190. The molecular formula is C23H23NO2S. The lowest BCUT2D eigenvalue weighted by Crippen LogP contribution is -2.06. The summed E-state index contributed by atoms with van der Waals surface area (Å²) in [5, 5.41) is 4.02. The van der Waals surface area contributed by atoms with E-state index in [1.54, 1.807) is 7.11 Å². The lowest BCUT2D eigenvalue weighted by molar-refractivity contribution is 0.416. The smallest absolute Gasteiger partial charge is 0.266 e. The van der Waals surface area contributed by atoms with Crippen LogP contribution in [0.25, 0.3) is 32.1 Å². The summed E-state index contributed by atoms with van der Waals surface area (Å²) in [5.41, 5.74) is 5.33. The van der Waals surface area contributed by atoms with Crippen molar-refractivity contribution < 1.29 is 4.74 Å². The van der Waals surface area contributed by atoms with Crippen molar-refractivity contribution >= 4 is 32.3 Å². The van der Waals surface area contributed by atoms with Gasteiger partial charge in [0.15, 0.2) is 0 Å². The summed E-state index contributed by atoms with van der Waals surface area (Å²) in [6.45, 7) is 6.46. The number of hydrogen-bond donors (Lipinski definition) is 1. The summed E-state index contributed by atoms with van der Waals surface area (Å²) in [7, 11) is 1.70. The number of benzene rings is 2. The maximum Gasteiger partial charge on any atom is 0.266 e. The number of ether oxygens (including phenoxy) is 1. The van der Waals surface area contributed by atoms with E-state index in [1.165, 1.54) is 16.9 Å². The average molecular weight is 378 g/mol. The number of methoxy groups -OCH3 is 1. The van der Waals surface area contributed by atoms with E-state index < -0.39 is 0 Å². The van der Waals surface area contributed by atoms with Crippen molar-refractivity contribution in [2.24, 2.45) is 0 Å². The van der Waals surface area contributed by atoms with Gasteiger partial charge < -0.3 is 9.72 Å². The summed E-state index contributed by atoms with van der Waals surface area (Å²) < 4.78 is 6.51. The molecule has 3 nitrogen and oxygen atoms in total. The first-order valence-electron chi connectivity index (χ1n) is 9.26. The number of thiophene rings is 1. The van der Waals surface area contributed by atoms with Crippen molar-refractivity contribution in [3.05, 3.63) is 63.3 Å². The summed E-state index contributed by atoms with van der Waals surface area (Å²) >= 11 is 1.48. The number of aromatic amines is 1. The van der Waals surface area contributed by atoms with Crippen LogP contribution in [-0.2, 0) is 0 Å². The minimum atomic E-state index is -0.0289. The molecule has 1 N–H and O–H groups in total. The molecule has 4 aromatic rings. The Morgan fingerprint density at radius 1 is 1.19 bits per heavy atom. The van der Waals surface area contributed by atoms with Gasteiger partial charge in [-0.1, -0.05) is 38.1 Å². The van der Waals surface area contributed by atoms with E-state index in [1.807, 2.05) is 24.4 Å². The van der Waals surface area contributed by atoms with E-state index in [2.05, 4.69) is 43.1 Å². The zero-order valence-electron chi connectivity index (χ0n) is 16.1. The number of aromatic nitrogens is 1. The summed E-state index contributed by atoms with van der Waals surface area (Å²) in [4.78, 5) is 15.6. The number of nitrogens with one attached hydrogen (secondary N) is 1. The van der Waals surface area contributed by atoms with Crippen LogP contribution < -0.4 is 10.3 Å². The van der Waals surface area contributed by atoms with Crippen LogP contribution >= 0.6 is 11.3 Å². The van der Waals surface area contributed by atoms with Gasteiger partial charge in [-0.15, -0.1) is 11.3 Å². The number of fused-ring (bicyclic) bond motifs is 3. The van der Waals surface area contributed by atoms with Crippen molar-refractivity contribution in [2.45, 2.75) is 33.1 Å². The highest BCUT2D eigenvalue weighted by atomic mass is 32.1. The molecule has 138 valence electrons. The number of H-pyrrole nitrogens is 1. The minimum Gasteiger partial charge on any atom is -0.496 e. The van der Waals surface area contributed by atoms with Crippen LogP contribution in [0.5, 0.6) is 5.75 Å². The quantitative estimate of drug-likeness (QED) is 0.457. The van der Waals surface area contributed by atoms with Crippen LogP contribution in [0.4, 0.5) is 0 Å². The summed E-state index contributed by atoms with van der Waals surface area (Å²) in [6, 6.07) is 12.8. The van der Waals surface area contributed by atoms with Gasteiger partial charge in [0, 0.05) is 16.3 Å². The van der Waals surface area contributed by atoms with Crippen molar-refractivity contribution in [3.8, 4) is 16.9 Å². The Kier molecular flexibility index (Phi) is 4.52. The molecule has 0 saturated carbocycles. The highest BCUT2D eigenvalue weighted by Crippen LogP contribution is 2.42. The van der Waals surface area contributed by atoms with Gasteiger partial charge in [0.2, 0.25) is 0 Å². The van der Waals surface area contributed by atoms with Crippen LogP contribution in [0.1, 0.15) is 37.3 Å². The number of hydrogen-bond acceptors (Lipinski definition) is 3. The first-order valence-corrected chi connectivity index (χ1v) is 10.1. The molecule has 0 fully saturated rings. The maximum absolute atomic E-state index is 12.5. The van der Waals surface area contributed by atoms with Crippen LogP contribution in [0.2, 0.25) is 0 Å². The molecule has 4 rings (SSSR count). The van der Waals surface area contributed by atoms with Gasteiger partial charge in [-0.25, -0.2) is 0 Å². The Balaban J connectivity index is 2.08. The molecule has 0 radical (unpaired) electrons. The number of rotatable bonds is 4. The van der Waals surface area contributed by atoms with Gasteiger partial charge in [0.05, 0.1) is 12.6 Å². The monoisotopic (exact) mass is 377 g/mol. The Labute approximate surface area is 162 Å². The zero-order chi connectivity index (χ0) is 19.1. The summed E-state index contributed by atoms with van der Waals surface area (Å²) in [6.07, 6.45) is 1.12. The fourth-order valence-corrected chi connectivity index (χ4v) is 4.53.